The van der Waals surface area contributed by atoms with Gasteiger partial charge in [0.2, 0.25) is 0 Å². The van der Waals surface area contributed by atoms with Gasteiger partial charge in [-0.15, -0.1) is 0 Å². The van der Waals surface area contributed by atoms with Crippen LogP contribution in [0.2, 0.25) is 0 Å². The van der Waals surface area contributed by atoms with Gasteiger partial charge in [0, 0.05) is 6.61 Å². The van der Waals surface area contributed by atoms with Gasteiger partial charge in [-0.2, -0.15) is 0 Å². The van der Waals surface area contributed by atoms with Crippen LogP contribution in [0.3, 0.4) is 0 Å². The molecule has 68 valence electrons. The molecular weight excluding hydrogens is 147 g/mol. The molecule has 1 unspecified atom stereocenters. The summed E-state index contributed by atoms with van der Waals surface area (Å²) in [7, 11) is 0. The SMILES string of the molecule is OCCCCCCC(F)CO. The lowest BCUT2D eigenvalue weighted by molar-refractivity contribution is 0.167. The number of halogens is 1. The van der Waals surface area contributed by atoms with E-state index in [-0.39, 0.29) is 13.2 Å². The molecule has 0 bridgehead atoms. The van der Waals surface area contributed by atoms with Crippen LogP contribution >= 0.6 is 0 Å². The molecule has 0 aliphatic rings. The largest absolute Gasteiger partial charge is 0.396 e. The van der Waals surface area contributed by atoms with Crippen molar-refractivity contribution in [2.75, 3.05) is 13.2 Å². The molecule has 0 aromatic carbocycles. The topological polar surface area (TPSA) is 40.5 Å². The van der Waals surface area contributed by atoms with Crippen LogP contribution < -0.4 is 0 Å². The zero-order chi connectivity index (χ0) is 8.53. The Balaban J connectivity index is 2.89. The summed E-state index contributed by atoms with van der Waals surface area (Å²) in [6.07, 6.45) is 2.90. The van der Waals surface area contributed by atoms with Crippen molar-refractivity contribution >= 4 is 0 Å². The molecule has 0 fully saturated rings. The Morgan fingerprint density at radius 1 is 1.00 bits per heavy atom. The first-order valence-electron chi connectivity index (χ1n) is 4.17. The van der Waals surface area contributed by atoms with Gasteiger partial charge < -0.3 is 10.2 Å². The molecule has 0 aromatic heterocycles. The van der Waals surface area contributed by atoms with Crippen molar-refractivity contribution in [3.8, 4) is 0 Å². The maximum atomic E-state index is 12.3. The predicted octanol–water partition coefficient (Wildman–Crippen LogP) is 1.26. The summed E-state index contributed by atoms with van der Waals surface area (Å²) in [6.45, 7) is -0.140. The molecule has 0 spiro atoms. The molecule has 2 N–H and O–H groups in total. The second-order valence-corrected chi connectivity index (χ2v) is 2.71. The number of hydrogen-bond donors (Lipinski definition) is 2. The van der Waals surface area contributed by atoms with Crippen molar-refractivity contribution < 1.29 is 14.6 Å². The van der Waals surface area contributed by atoms with E-state index in [1.807, 2.05) is 0 Å². The fourth-order valence-corrected chi connectivity index (χ4v) is 0.922. The lowest BCUT2D eigenvalue weighted by Gasteiger charge is -2.02. The zero-order valence-corrected chi connectivity index (χ0v) is 6.80. The minimum absolute atomic E-state index is 0.221. The molecule has 0 saturated heterocycles. The highest BCUT2D eigenvalue weighted by atomic mass is 19.1. The van der Waals surface area contributed by atoms with Gasteiger partial charge in [-0.25, -0.2) is 4.39 Å². The van der Waals surface area contributed by atoms with Crippen LogP contribution in [0.25, 0.3) is 0 Å². The second kappa shape index (κ2) is 7.95. The van der Waals surface area contributed by atoms with Gasteiger partial charge in [-0.05, 0) is 12.8 Å². The molecule has 1 atom stereocenters. The molecule has 0 aromatic rings. The van der Waals surface area contributed by atoms with Crippen molar-refractivity contribution in [1.29, 1.82) is 0 Å². The third kappa shape index (κ3) is 7.75. The van der Waals surface area contributed by atoms with E-state index in [0.717, 1.165) is 25.7 Å². The van der Waals surface area contributed by atoms with Crippen LogP contribution in [0.4, 0.5) is 4.39 Å². The number of unbranched alkanes of at least 4 members (excludes halogenated alkanes) is 3. The van der Waals surface area contributed by atoms with Crippen molar-refractivity contribution in [3.63, 3.8) is 0 Å². The smallest absolute Gasteiger partial charge is 0.123 e. The molecule has 0 rings (SSSR count). The van der Waals surface area contributed by atoms with E-state index in [0.29, 0.717) is 6.42 Å². The predicted molar refractivity (Wildman–Crippen MR) is 42.2 cm³/mol. The zero-order valence-electron chi connectivity index (χ0n) is 6.80. The first-order chi connectivity index (χ1) is 5.31. The summed E-state index contributed by atoms with van der Waals surface area (Å²) >= 11 is 0. The molecule has 0 aliphatic carbocycles. The standard InChI is InChI=1S/C8H17FO2/c9-8(7-11)5-3-1-2-4-6-10/h8,10-11H,1-7H2. The number of rotatable bonds is 7. The highest BCUT2D eigenvalue weighted by Crippen LogP contribution is 2.07. The first-order valence-corrected chi connectivity index (χ1v) is 4.17. The van der Waals surface area contributed by atoms with Gasteiger partial charge in [-0.3, -0.25) is 0 Å². The van der Waals surface area contributed by atoms with Crippen LogP contribution in [-0.4, -0.2) is 29.6 Å². The van der Waals surface area contributed by atoms with Gasteiger partial charge in [0.25, 0.3) is 0 Å². The van der Waals surface area contributed by atoms with E-state index in [2.05, 4.69) is 0 Å². The molecule has 3 heteroatoms. The van der Waals surface area contributed by atoms with Crippen LogP contribution in [0.5, 0.6) is 0 Å². The number of alkyl halides is 1. The van der Waals surface area contributed by atoms with Gasteiger partial charge in [0.05, 0.1) is 6.61 Å². The van der Waals surface area contributed by atoms with E-state index in [9.17, 15) is 4.39 Å². The van der Waals surface area contributed by atoms with Gasteiger partial charge in [0.1, 0.15) is 6.17 Å². The molecule has 0 aliphatic heterocycles. The maximum absolute atomic E-state index is 12.3. The van der Waals surface area contributed by atoms with E-state index < -0.39 is 6.17 Å². The minimum Gasteiger partial charge on any atom is -0.396 e. The maximum Gasteiger partial charge on any atom is 0.123 e. The molecule has 0 heterocycles. The van der Waals surface area contributed by atoms with Crippen LogP contribution in [0, 0.1) is 0 Å². The average molecular weight is 164 g/mol. The third-order valence-corrected chi connectivity index (χ3v) is 1.62. The van der Waals surface area contributed by atoms with Gasteiger partial charge in [-0.1, -0.05) is 19.3 Å². The number of hydrogen-bond acceptors (Lipinski definition) is 2. The highest BCUT2D eigenvalue weighted by Gasteiger charge is 2.02. The summed E-state index contributed by atoms with van der Waals surface area (Å²) in [5, 5.41) is 16.7. The Morgan fingerprint density at radius 2 is 1.64 bits per heavy atom. The molecule has 11 heavy (non-hydrogen) atoms. The fraction of sp³-hybridized carbons (Fsp3) is 1.00. The van der Waals surface area contributed by atoms with Crippen molar-refractivity contribution in [1.82, 2.24) is 0 Å². The minimum atomic E-state index is -1.05. The van der Waals surface area contributed by atoms with Gasteiger partial charge in [0.15, 0.2) is 0 Å². The highest BCUT2D eigenvalue weighted by molar-refractivity contribution is 4.53. The van der Waals surface area contributed by atoms with E-state index in [1.54, 1.807) is 0 Å². The van der Waals surface area contributed by atoms with Crippen LogP contribution in [-0.2, 0) is 0 Å². The third-order valence-electron chi connectivity index (χ3n) is 1.62. The van der Waals surface area contributed by atoms with Gasteiger partial charge >= 0.3 is 0 Å². The van der Waals surface area contributed by atoms with Crippen LogP contribution in [0.1, 0.15) is 32.1 Å². The van der Waals surface area contributed by atoms with Crippen LogP contribution in [0.15, 0.2) is 0 Å². The Labute approximate surface area is 67.0 Å². The molecular formula is C8H17FO2. The van der Waals surface area contributed by atoms with E-state index in [1.165, 1.54) is 0 Å². The Hall–Kier alpha value is -0.150. The molecule has 0 radical (unpaired) electrons. The summed E-state index contributed by atoms with van der Waals surface area (Å²) in [5.41, 5.74) is 0. The molecule has 0 amide bonds. The summed E-state index contributed by atoms with van der Waals surface area (Å²) in [6, 6.07) is 0. The number of aliphatic hydroxyl groups is 2. The van der Waals surface area contributed by atoms with E-state index in [4.69, 9.17) is 10.2 Å². The normalized spacial score (nSPS) is 13.4. The van der Waals surface area contributed by atoms with Crippen molar-refractivity contribution in [2.24, 2.45) is 0 Å². The van der Waals surface area contributed by atoms with E-state index >= 15 is 0 Å². The quantitative estimate of drug-likeness (QED) is 0.556. The lowest BCUT2D eigenvalue weighted by Crippen LogP contribution is -2.05. The van der Waals surface area contributed by atoms with Crippen molar-refractivity contribution in [3.05, 3.63) is 0 Å². The summed E-state index contributed by atoms with van der Waals surface area (Å²) in [5.74, 6) is 0. The monoisotopic (exact) mass is 164 g/mol. The van der Waals surface area contributed by atoms with Crippen molar-refractivity contribution in [2.45, 2.75) is 38.3 Å². The number of aliphatic hydroxyl groups excluding tert-OH is 2. The Bertz CT molecular complexity index is 78.5. The molecule has 2 nitrogen and oxygen atoms in total. The first kappa shape index (κ1) is 10.8. The Kier molecular flexibility index (Phi) is 7.84. The lowest BCUT2D eigenvalue weighted by atomic mass is 10.1. The summed E-state index contributed by atoms with van der Waals surface area (Å²) in [4.78, 5) is 0. The second-order valence-electron chi connectivity index (χ2n) is 2.71. The average Bonchev–Trinajstić information content (AvgIpc) is 2.04. The Morgan fingerprint density at radius 3 is 2.18 bits per heavy atom. The summed E-state index contributed by atoms with van der Waals surface area (Å²) < 4.78 is 12.3. The molecule has 0 saturated carbocycles. The fourth-order valence-electron chi connectivity index (χ4n) is 0.922.